The summed E-state index contributed by atoms with van der Waals surface area (Å²) < 4.78 is 48.8. The van der Waals surface area contributed by atoms with Gasteiger partial charge < -0.3 is 14.0 Å². The first kappa shape index (κ1) is 20.4. The van der Waals surface area contributed by atoms with Crippen LogP contribution in [0.4, 0.5) is 13.2 Å². The highest BCUT2D eigenvalue weighted by Gasteiger charge is 2.28. The number of benzene rings is 1. The van der Waals surface area contributed by atoms with Crippen LogP contribution >= 0.6 is 0 Å². The van der Waals surface area contributed by atoms with Gasteiger partial charge in [0, 0.05) is 24.2 Å². The van der Waals surface area contributed by atoms with Crippen LogP contribution in [0.5, 0.6) is 11.5 Å². The lowest BCUT2D eigenvalue weighted by molar-refractivity contribution is -0.153. The van der Waals surface area contributed by atoms with E-state index in [9.17, 15) is 18.0 Å². The summed E-state index contributed by atoms with van der Waals surface area (Å²) in [5.41, 5.74) is 0.986. The Kier molecular flexibility index (Phi) is 6.16. The molecule has 2 aromatic heterocycles. The third-order valence-corrected chi connectivity index (χ3v) is 3.94. The number of hydrogen-bond acceptors (Lipinski definition) is 5. The number of alkyl halides is 3. The number of rotatable bonds is 7. The maximum absolute atomic E-state index is 12.5. The Morgan fingerprint density at radius 1 is 1.00 bits per heavy atom. The van der Waals surface area contributed by atoms with Gasteiger partial charge in [-0.25, -0.2) is 9.97 Å². The minimum atomic E-state index is -4.41. The molecule has 0 saturated carbocycles. The van der Waals surface area contributed by atoms with Crippen molar-refractivity contribution in [3.05, 3.63) is 82.3 Å². The van der Waals surface area contributed by atoms with Gasteiger partial charge in [0.05, 0.1) is 6.54 Å². The van der Waals surface area contributed by atoms with E-state index in [0.29, 0.717) is 22.8 Å². The number of aryl methyl sites for hydroxylation is 1. The lowest BCUT2D eigenvalue weighted by atomic mass is 10.2. The van der Waals surface area contributed by atoms with Gasteiger partial charge in [0.1, 0.15) is 18.1 Å². The Hall–Kier alpha value is -3.36. The molecule has 0 atom stereocenters. The summed E-state index contributed by atoms with van der Waals surface area (Å²) in [6, 6.07) is 11.0. The molecule has 0 fully saturated rings. The predicted molar refractivity (Wildman–Crippen MR) is 98.9 cm³/mol. The lowest BCUT2D eigenvalue weighted by Crippen LogP contribution is -2.22. The van der Waals surface area contributed by atoms with Crippen LogP contribution in [0.15, 0.2) is 59.7 Å². The molecule has 0 bridgehead atoms. The lowest BCUT2D eigenvalue weighted by Gasteiger charge is -2.14. The van der Waals surface area contributed by atoms with Gasteiger partial charge in [-0.2, -0.15) is 13.2 Å². The van der Waals surface area contributed by atoms with Gasteiger partial charge in [0.25, 0.3) is 5.56 Å². The molecule has 0 radical (unpaired) electrons. The van der Waals surface area contributed by atoms with Crippen molar-refractivity contribution in [2.24, 2.45) is 0 Å². The Morgan fingerprint density at radius 3 is 2.45 bits per heavy atom. The van der Waals surface area contributed by atoms with Crippen molar-refractivity contribution >= 4 is 0 Å². The molecule has 0 unspecified atom stereocenters. The molecule has 6 nitrogen and oxygen atoms in total. The van der Waals surface area contributed by atoms with Gasteiger partial charge in [-0.3, -0.25) is 4.79 Å². The van der Waals surface area contributed by atoms with Crippen LogP contribution in [0.25, 0.3) is 0 Å². The molecule has 0 aliphatic rings. The second-order valence-corrected chi connectivity index (χ2v) is 6.26. The fourth-order valence-corrected chi connectivity index (χ4v) is 2.62. The van der Waals surface area contributed by atoms with E-state index in [4.69, 9.17) is 9.47 Å². The van der Waals surface area contributed by atoms with Gasteiger partial charge in [-0.05, 0) is 36.8 Å². The van der Waals surface area contributed by atoms with E-state index in [0.717, 1.165) is 0 Å². The van der Waals surface area contributed by atoms with E-state index in [-0.39, 0.29) is 24.5 Å². The first-order valence-electron chi connectivity index (χ1n) is 8.69. The van der Waals surface area contributed by atoms with Gasteiger partial charge in [0.2, 0.25) is 0 Å². The minimum Gasteiger partial charge on any atom is -0.485 e. The molecule has 0 N–H and O–H groups in total. The molecular formula is C20H18F3N3O3. The average molecular weight is 405 g/mol. The van der Waals surface area contributed by atoms with E-state index >= 15 is 0 Å². The van der Waals surface area contributed by atoms with Crippen LogP contribution in [0.3, 0.4) is 0 Å². The summed E-state index contributed by atoms with van der Waals surface area (Å²) in [5.74, 6) is 0.969. The highest BCUT2D eigenvalue weighted by molar-refractivity contribution is 5.30. The van der Waals surface area contributed by atoms with Crippen LogP contribution in [0.2, 0.25) is 0 Å². The molecule has 2 heterocycles. The average Bonchev–Trinajstić information content (AvgIpc) is 2.68. The standard InChI is InChI=1S/C20H18F3N3O3/c1-14-8-17(28-12-18-24-6-3-7-25-18)10-19(27)26(14)11-15-4-2-5-16(9-15)29-13-20(21,22)23/h2-10H,11-13H2,1H3. The highest BCUT2D eigenvalue weighted by atomic mass is 19.4. The second kappa shape index (κ2) is 8.76. The number of halogens is 3. The number of nitrogens with zero attached hydrogens (tertiary/aromatic N) is 3. The number of pyridine rings is 1. The Morgan fingerprint density at radius 2 is 1.76 bits per heavy atom. The molecule has 152 valence electrons. The number of ether oxygens (including phenoxy) is 2. The Bertz CT molecular complexity index is 1020. The van der Waals surface area contributed by atoms with Crippen molar-refractivity contribution in [2.45, 2.75) is 26.3 Å². The van der Waals surface area contributed by atoms with E-state index in [1.165, 1.54) is 22.8 Å². The van der Waals surface area contributed by atoms with Crippen LogP contribution in [-0.2, 0) is 13.2 Å². The van der Waals surface area contributed by atoms with Gasteiger partial charge >= 0.3 is 6.18 Å². The van der Waals surface area contributed by atoms with Crippen molar-refractivity contribution in [1.82, 2.24) is 14.5 Å². The summed E-state index contributed by atoms with van der Waals surface area (Å²) in [5, 5.41) is 0. The predicted octanol–water partition coefficient (Wildman–Crippen LogP) is 3.52. The maximum Gasteiger partial charge on any atom is 0.422 e. The van der Waals surface area contributed by atoms with Crippen molar-refractivity contribution in [3.63, 3.8) is 0 Å². The second-order valence-electron chi connectivity index (χ2n) is 6.26. The van der Waals surface area contributed by atoms with Crippen molar-refractivity contribution < 1.29 is 22.6 Å². The Labute approximate surface area is 164 Å². The molecule has 0 aliphatic heterocycles. The molecular weight excluding hydrogens is 387 g/mol. The van der Waals surface area contributed by atoms with E-state index in [1.807, 2.05) is 0 Å². The Balaban J connectivity index is 1.70. The zero-order valence-corrected chi connectivity index (χ0v) is 15.5. The van der Waals surface area contributed by atoms with Gasteiger partial charge in [-0.15, -0.1) is 0 Å². The molecule has 0 saturated heterocycles. The van der Waals surface area contributed by atoms with Gasteiger partial charge in [-0.1, -0.05) is 12.1 Å². The first-order valence-corrected chi connectivity index (χ1v) is 8.69. The van der Waals surface area contributed by atoms with Crippen LogP contribution in [0, 0.1) is 6.92 Å². The number of hydrogen-bond donors (Lipinski definition) is 0. The van der Waals surface area contributed by atoms with Crippen molar-refractivity contribution in [2.75, 3.05) is 6.61 Å². The summed E-state index contributed by atoms with van der Waals surface area (Å²) in [7, 11) is 0. The van der Waals surface area contributed by atoms with Crippen molar-refractivity contribution in [1.29, 1.82) is 0 Å². The summed E-state index contributed by atoms with van der Waals surface area (Å²) in [6.07, 6.45) is -1.22. The number of aromatic nitrogens is 3. The highest BCUT2D eigenvalue weighted by Crippen LogP contribution is 2.20. The van der Waals surface area contributed by atoms with Crippen LogP contribution in [-0.4, -0.2) is 27.3 Å². The van der Waals surface area contributed by atoms with E-state index in [1.54, 1.807) is 43.6 Å². The van der Waals surface area contributed by atoms with Crippen LogP contribution in [0.1, 0.15) is 17.1 Å². The van der Waals surface area contributed by atoms with Crippen molar-refractivity contribution in [3.8, 4) is 11.5 Å². The molecule has 1 aromatic carbocycles. The van der Waals surface area contributed by atoms with E-state index in [2.05, 4.69) is 9.97 Å². The largest absolute Gasteiger partial charge is 0.485 e. The maximum atomic E-state index is 12.5. The zero-order valence-electron chi connectivity index (χ0n) is 15.5. The smallest absolute Gasteiger partial charge is 0.422 e. The van der Waals surface area contributed by atoms with E-state index < -0.39 is 12.8 Å². The SMILES string of the molecule is Cc1cc(OCc2ncccn2)cc(=O)n1Cc1cccc(OCC(F)(F)F)c1. The third-order valence-electron chi connectivity index (χ3n) is 3.94. The molecule has 0 spiro atoms. The normalized spacial score (nSPS) is 11.3. The molecule has 0 amide bonds. The van der Waals surface area contributed by atoms with Gasteiger partial charge in [0.15, 0.2) is 12.4 Å². The summed E-state index contributed by atoms with van der Waals surface area (Å²) in [6.45, 7) is 0.697. The third kappa shape index (κ3) is 6.06. The first-order chi connectivity index (χ1) is 13.8. The zero-order chi connectivity index (χ0) is 20.9. The van der Waals surface area contributed by atoms with Crippen LogP contribution < -0.4 is 15.0 Å². The fraction of sp³-hybridized carbons (Fsp3) is 0.250. The topological polar surface area (TPSA) is 66.2 Å². The molecule has 3 rings (SSSR count). The molecule has 29 heavy (non-hydrogen) atoms. The minimum absolute atomic E-state index is 0.0911. The molecule has 0 aliphatic carbocycles. The quantitative estimate of drug-likeness (QED) is 0.602. The molecule has 3 aromatic rings. The summed E-state index contributed by atoms with van der Waals surface area (Å²) in [4.78, 5) is 20.6. The monoisotopic (exact) mass is 405 g/mol. The molecule has 9 heteroatoms. The fourth-order valence-electron chi connectivity index (χ4n) is 2.62. The summed E-state index contributed by atoms with van der Waals surface area (Å²) >= 11 is 0.